The molecule has 0 aliphatic carbocycles. The molecule has 8 nitrogen and oxygen atoms in total. The molecule has 3 aromatic heterocycles. The molecule has 0 aromatic carbocycles. The Balaban J connectivity index is 1.45. The summed E-state index contributed by atoms with van der Waals surface area (Å²) in [6.45, 7) is 2.48. The molecular weight excluding hydrogens is 354 g/mol. The highest BCUT2D eigenvalue weighted by Crippen LogP contribution is 2.27. The van der Waals surface area contributed by atoms with Crippen molar-refractivity contribution in [3.8, 4) is 0 Å². The molecule has 4 heterocycles. The first-order valence-corrected chi connectivity index (χ1v) is 8.93. The lowest BCUT2D eigenvalue weighted by molar-refractivity contribution is 0.0686. The highest BCUT2D eigenvalue weighted by Gasteiger charge is 2.24. The van der Waals surface area contributed by atoms with Gasteiger partial charge in [-0.25, -0.2) is 19.7 Å². The Morgan fingerprint density at radius 3 is 2.54 bits per heavy atom. The Morgan fingerprint density at radius 1 is 1.04 bits per heavy atom. The number of nitrogens with zero attached hydrogens (tertiary/aromatic N) is 5. The second-order valence-corrected chi connectivity index (χ2v) is 6.75. The van der Waals surface area contributed by atoms with Gasteiger partial charge in [0.25, 0.3) is 5.91 Å². The summed E-state index contributed by atoms with van der Waals surface area (Å²) >= 11 is 1.58. The van der Waals surface area contributed by atoms with Gasteiger partial charge in [0.1, 0.15) is 22.7 Å². The molecule has 1 saturated heterocycles. The van der Waals surface area contributed by atoms with Crippen molar-refractivity contribution in [1.82, 2.24) is 19.9 Å². The zero-order chi connectivity index (χ0) is 18.1. The molecule has 0 unspecified atom stereocenters. The third kappa shape index (κ3) is 2.97. The standard InChI is InChI=1S/C17H15N5O3S/c23-16(11-1-2-13(17(24)25)18-9-11)22-6-4-21(5-7-22)14-12-3-8-26-15(12)20-10-19-14/h1-3,8-10H,4-7H2,(H,24,25). The second kappa shape index (κ2) is 6.68. The molecule has 132 valence electrons. The van der Waals surface area contributed by atoms with Crippen molar-refractivity contribution in [1.29, 1.82) is 0 Å². The number of rotatable bonds is 3. The van der Waals surface area contributed by atoms with E-state index in [2.05, 4.69) is 19.9 Å². The molecular formula is C17H15N5O3S. The van der Waals surface area contributed by atoms with Crippen LogP contribution in [0.25, 0.3) is 10.2 Å². The van der Waals surface area contributed by atoms with Crippen LogP contribution >= 0.6 is 11.3 Å². The quantitative estimate of drug-likeness (QED) is 0.751. The third-order valence-electron chi connectivity index (χ3n) is 4.34. The van der Waals surface area contributed by atoms with E-state index in [1.807, 2.05) is 11.4 Å². The first-order valence-electron chi connectivity index (χ1n) is 8.05. The minimum absolute atomic E-state index is 0.0742. The molecule has 26 heavy (non-hydrogen) atoms. The van der Waals surface area contributed by atoms with E-state index in [-0.39, 0.29) is 11.6 Å². The minimum atomic E-state index is -1.11. The smallest absolute Gasteiger partial charge is 0.354 e. The Hall–Kier alpha value is -3.07. The van der Waals surface area contributed by atoms with Gasteiger partial charge >= 0.3 is 5.97 Å². The highest BCUT2D eigenvalue weighted by molar-refractivity contribution is 7.16. The number of hydrogen-bond acceptors (Lipinski definition) is 7. The summed E-state index contributed by atoms with van der Waals surface area (Å²) in [6, 6.07) is 4.87. The average Bonchev–Trinajstić information content (AvgIpc) is 3.16. The lowest BCUT2D eigenvalue weighted by Gasteiger charge is -2.35. The number of carboxylic acid groups (broad SMARTS) is 1. The van der Waals surface area contributed by atoms with Crippen molar-refractivity contribution >= 4 is 39.2 Å². The maximum atomic E-state index is 12.6. The Kier molecular flexibility index (Phi) is 4.21. The van der Waals surface area contributed by atoms with Crippen molar-refractivity contribution < 1.29 is 14.7 Å². The van der Waals surface area contributed by atoms with Crippen LogP contribution in [0.1, 0.15) is 20.8 Å². The van der Waals surface area contributed by atoms with Crippen molar-refractivity contribution in [3.63, 3.8) is 0 Å². The van der Waals surface area contributed by atoms with Gasteiger partial charge in [-0.05, 0) is 23.6 Å². The molecule has 4 rings (SSSR count). The number of carboxylic acids is 1. The number of amides is 1. The van der Waals surface area contributed by atoms with Crippen LogP contribution in [0.2, 0.25) is 0 Å². The molecule has 1 aliphatic heterocycles. The molecule has 9 heteroatoms. The van der Waals surface area contributed by atoms with Crippen LogP contribution in [0.5, 0.6) is 0 Å². The zero-order valence-corrected chi connectivity index (χ0v) is 14.5. The van der Waals surface area contributed by atoms with E-state index in [0.29, 0.717) is 31.7 Å². The maximum Gasteiger partial charge on any atom is 0.354 e. The fourth-order valence-corrected chi connectivity index (χ4v) is 3.71. The summed E-state index contributed by atoms with van der Waals surface area (Å²) in [5.41, 5.74) is 0.320. The normalized spacial score (nSPS) is 14.6. The molecule has 0 atom stereocenters. The molecule has 1 fully saturated rings. The lowest BCUT2D eigenvalue weighted by atomic mass is 10.2. The molecule has 1 N–H and O–H groups in total. The molecule has 0 radical (unpaired) electrons. The van der Waals surface area contributed by atoms with E-state index in [9.17, 15) is 9.59 Å². The number of carbonyl (C=O) groups is 2. The number of carbonyl (C=O) groups excluding carboxylic acids is 1. The molecule has 0 saturated carbocycles. The number of piperazine rings is 1. The van der Waals surface area contributed by atoms with E-state index in [4.69, 9.17) is 5.11 Å². The second-order valence-electron chi connectivity index (χ2n) is 5.85. The van der Waals surface area contributed by atoms with Crippen LogP contribution in [0.15, 0.2) is 36.1 Å². The minimum Gasteiger partial charge on any atom is -0.477 e. The summed E-state index contributed by atoms with van der Waals surface area (Å²) in [4.78, 5) is 40.8. The number of aromatic nitrogens is 3. The topological polar surface area (TPSA) is 99.5 Å². The number of hydrogen-bond donors (Lipinski definition) is 1. The van der Waals surface area contributed by atoms with Crippen LogP contribution in [0.3, 0.4) is 0 Å². The molecule has 1 aliphatic rings. The SMILES string of the molecule is O=C(O)c1ccc(C(=O)N2CCN(c3ncnc4sccc34)CC2)cn1. The predicted octanol–water partition coefficient (Wildman–Crippen LogP) is 1.75. The van der Waals surface area contributed by atoms with Gasteiger partial charge in [0, 0.05) is 32.4 Å². The van der Waals surface area contributed by atoms with Gasteiger partial charge in [0.2, 0.25) is 0 Å². The van der Waals surface area contributed by atoms with Crippen molar-refractivity contribution in [2.75, 3.05) is 31.1 Å². The van der Waals surface area contributed by atoms with Crippen molar-refractivity contribution in [2.45, 2.75) is 0 Å². The first-order chi connectivity index (χ1) is 12.6. The summed E-state index contributed by atoms with van der Waals surface area (Å²) < 4.78 is 0. The van der Waals surface area contributed by atoms with Crippen LogP contribution in [-0.4, -0.2) is 63.0 Å². The fraction of sp³-hybridized carbons (Fsp3) is 0.235. The van der Waals surface area contributed by atoms with Gasteiger partial charge in [-0.2, -0.15) is 0 Å². The maximum absolute atomic E-state index is 12.6. The van der Waals surface area contributed by atoms with Crippen molar-refractivity contribution in [3.05, 3.63) is 47.4 Å². The molecule has 0 spiro atoms. The lowest BCUT2D eigenvalue weighted by Crippen LogP contribution is -2.49. The largest absolute Gasteiger partial charge is 0.477 e. The first kappa shape index (κ1) is 16.4. The summed E-state index contributed by atoms with van der Waals surface area (Å²) in [7, 11) is 0. The fourth-order valence-electron chi connectivity index (χ4n) is 2.98. The number of pyridine rings is 1. The monoisotopic (exact) mass is 369 g/mol. The van der Waals surface area contributed by atoms with Crippen LogP contribution < -0.4 is 4.90 Å². The number of thiophene rings is 1. The Morgan fingerprint density at radius 2 is 1.85 bits per heavy atom. The van der Waals surface area contributed by atoms with E-state index < -0.39 is 5.97 Å². The van der Waals surface area contributed by atoms with Crippen molar-refractivity contribution in [2.24, 2.45) is 0 Å². The van der Waals surface area contributed by atoms with E-state index in [0.717, 1.165) is 16.0 Å². The number of aromatic carboxylic acids is 1. The van der Waals surface area contributed by atoms with Gasteiger partial charge in [-0.15, -0.1) is 11.3 Å². The van der Waals surface area contributed by atoms with Gasteiger partial charge in [-0.3, -0.25) is 4.79 Å². The summed E-state index contributed by atoms with van der Waals surface area (Å²) in [6.07, 6.45) is 2.89. The zero-order valence-electron chi connectivity index (χ0n) is 13.7. The number of fused-ring (bicyclic) bond motifs is 1. The Bertz CT molecular complexity index is 964. The van der Waals surface area contributed by atoms with Gasteiger partial charge in [0.15, 0.2) is 0 Å². The van der Waals surface area contributed by atoms with Gasteiger partial charge in [-0.1, -0.05) is 0 Å². The highest BCUT2D eigenvalue weighted by atomic mass is 32.1. The average molecular weight is 369 g/mol. The molecule has 3 aromatic rings. The van der Waals surface area contributed by atoms with Crippen LogP contribution in [-0.2, 0) is 0 Å². The van der Waals surface area contributed by atoms with E-state index in [1.165, 1.54) is 18.3 Å². The van der Waals surface area contributed by atoms with E-state index >= 15 is 0 Å². The van der Waals surface area contributed by atoms with E-state index in [1.54, 1.807) is 22.6 Å². The summed E-state index contributed by atoms with van der Waals surface area (Å²) in [5.74, 6) is -0.351. The van der Waals surface area contributed by atoms with Gasteiger partial charge in [0.05, 0.1) is 10.9 Å². The summed E-state index contributed by atoms with van der Waals surface area (Å²) in [5, 5.41) is 11.9. The third-order valence-corrected chi connectivity index (χ3v) is 5.16. The number of anilines is 1. The van der Waals surface area contributed by atoms with Crippen LogP contribution in [0.4, 0.5) is 5.82 Å². The molecule has 1 amide bonds. The van der Waals surface area contributed by atoms with Crippen LogP contribution in [0, 0.1) is 0 Å². The predicted molar refractivity (Wildman–Crippen MR) is 96.7 cm³/mol. The Labute approximate surface area is 152 Å². The van der Waals surface area contributed by atoms with Gasteiger partial charge < -0.3 is 14.9 Å². The molecule has 0 bridgehead atoms.